The van der Waals surface area contributed by atoms with E-state index in [9.17, 15) is 0 Å². The second-order valence-electron chi connectivity index (χ2n) is 4.99. The summed E-state index contributed by atoms with van der Waals surface area (Å²) < 4.78 is 8.17. The minimum Gasteiger partial charge on any atom is -0.393 e. The van der Waals surface area contributed by atoms with E-state index in [1.165, 1.54) is 0 Å². The highest BCUT2D eigenvalue weighted by Gasteiger charge is 2.24. The second kappa shape index (κ2) is 5.88. The normalized spacial score (nSPS) is 15.8. The van der Waals surface area contributed by atoms with Crippen molar-refractivity contribution in [2.75, 3.05) is 18.9 Å². The van der Waals surface area contributed by atoms with E-state index in [-0.39, 0.29) is 6.04 Å². The molecule has 2 heterocycles. The summed E-state index contributed by atoms with van der Waals surface area (Å²) in [5, 5.41) is 4.61. The highest BCUT2D eigenvalue weighted by Crippen LogP contribution is 2.38. The number of nitrogens with two attached hydrogens (primary N) is 1. The fraction of sp³-hybridized carbons (Fsp3) is 0.333. The molecule has 0 atom stereocenters. The summed E-state index contributed by atoms with van der Waals surface area (Å²) in [6.07, 6.45) is 1.76. The van der Waals surface area contributed by atoms with E-state index in [1.54, 1.807) is 4.68 Å². The first-order valence-corrected chi connectivity index (χ1v) is 7.59. The molecule has 1 aromatic carbocycles. The van der Waals surface area contributed by atoms with Gasteiger partial charge in [0.2, 0.25) is 0 Å². The molecule has 1 aliphatic rings. The summed E-state index contributed by atoms with van der Waals surface area (Å²) in [4.78, 5) is 3.58. The molecule has 1 aromatic heterocycles. The van der Waals surface area contributed by atoms with E-state index >= 15 is 0 Å². The number of hydrogen-bond donors (Lipinski definition) is 1. The highest BCUT2D eigenvalue weighted by molar-refractivity contribution is 9.10. The molecule has 108 valence electrons. The van der Waals surface area contributed by atoms with Crippen molar-refractivity contribution in [1.29, 1.82) is 0 Å². The third kappa shape index (κ3) is 2.67. The SMILES string of the molecule is [C-]#[N+]c1c(-c2ccc(Br)cc2)nn(C2CCOCC2)c1N. The zero-order valence-corrected chi connectivity index (χ0v) is 13.0. The maximum absolute atomic E-state index is 7.40. The molecular formula is C15H15BrN4O. The quantitative estimate of drug-likeness (QED) is 0.841. The molecule has 2 N–H and O–H groups in total. The molecule has 2 aromatic rings. The first kappa shape index (κ1) is 14.1. The maximum atomic E-state index is 7.40. The lowest BCUT2D eigenvalue weighted by molar-refractivity contribution is 0.0669. The molecule has 6 heteroatoms. The van der Waals surface area contributed by atoms with E-state index < -0.39 is 0 Å². The number of aromatic nitrogens is 2. The zero-order valence-electron chi connectivity index (χ0n) is 11.4. The van der Waals surface area contributed by atoms with Crippen molar-refractivity contribution in [2.45, 2.75) is 18.9 Å². The Kier molecular flexibility index (Phi) is 3.95. The summed E-state index contributed by atoms with van der Waals surface area (Å²) in [6.45, 7) is 8.83. The van der Waals surface area contributed by atoms with Crippen molar-refractivity contribution in [3.8, 4) is 11.3 Å². The molecule has 1 aliphatic heterocycles. The summed E-state index contributed by atoms with van der Waals surface area (Å²) >= 11 is 3.41. The van der Waals surface area contributed by atoms with Gasteiger partial charge in [-0.2, -0.15) is 5.10 Å². The number of halogens is 1. The Hall–Kier alpha value is -1.84. The number of benzene rings is 1. The van der Waals surface area contributed by atoms with E-state index in [0.717, 1.165) is 22.9 Å². The van der Waals surface area contributed by atoms with Crippen molar-refractivity contribution in [3.63, 3.8) is 0 Å². The van der Waals surface area contributed by atoms with Crippen LogP contribution in [-0.4, -0.2) is 23.0 Å². The fourth-order valence-electron chi connectivity index (χ4n) is 2.56. The van der Waals surface area contributed by atoms with E-state index in [2.05, 4.69) is 25.9 Å². The van der Waals surface area contributed by atoms with Crippen LogP contribution in [-0.2, 0) is 4.74 Å². The topological polar surface area (TPSA) is 57.4 Å². The third-order valence-electron chi connectivity index (χ3n) is 3.69. The van der Waals surface area contributed by atoms with Gasteiger partial charge in [-0.1, -0.05) is 28.1 Å². The lowest BCUT2D eigenvalue weighted by atomic mass is 10.1. The van der Waals surface area contributed by atoms with E-state index in [0.29, 0.717) is 30.4 Å². The molecule has 0 bridgehead atoms. The first-order chi connectivity index (χ1) is 10.2. The summed E-state index contributed by atoms with van der Waals surface area (Å²) in [7, 11) is 0. The minimum atomic E-state index is 0.212. The standard InChI is InChI=1S/C15H15BrN4O/c1-18-14-13(10-2-4-11(16)5-3-10)19-20(15(14)17)12-6-8-21-9-7-12/h2-5,12H,6-9,17H2. The molecular weight excluding hydrogens is 332 g/mol. The fourth-order valence-corrected chi connectivity index (χ4v) is 2.82. The molecule has 1 saturated heterocycles. The van der Waals surface area contributed by atoms with Crippen LogP contribution in [0.5, 0.6) is 0 Å². The van der Waals surface area contributed by atoms with Gasteiger partial charge in [-0.25, -0.2) is 4.85 Å². The van der Waals surface area contributed by atoms with Crippen molar-refractivity contribution in [1.82, 2.24) is 9.78 Å². The first-order valence-electron chi connectivity index (χ1n) is 6.80. The summed E-state index contributed by atoms with van der Waals surface area (Å²) in [6, 6.07) is 7.96. The largest absolute Gasteiger partial charge is 0.393 e. The van der Waals surface area contributed by atoms with Crippen LogP contribution < -0.4 is 5.73 Å². The molecule has 1 fully saturated rings. The van der Waals surface area contributed by atoms with Crippen molar-refractivity contribution in [2.24, 2.45) is 0 Å². The Morgan fingerprint density at radius 3 is 2.57 bits per heavy atom. The predicted octanol–water partition coefficient (Wildman–Crippen LogP) is 3.80. The van der Waals surface area contributed by atoms with Crippen LogP contribution in [0.2, 0.25) is 0 Å². The van der Waals surface area contributed by atoms with E-state index in [1.807, 2.05) is 24.3 Å². The number of anilines is 1. The van der Waals surface area contributed by atoms with Crippen LogP contribution in [0.25, 0.3) is 16.1 Å². The van der Waals surface area contributed by atoms with Crippen LogP contribution in [0.15, 0.2) is 28.7 Å². The van der Waals surface area contributed by atoms with Crippen LogP contribution in [0, 0.1) is 6.57 Å². The third-order valence-corrected chi connectivity index (χ3v) is 4.22. The molecule has 0 radical (unpaired) electrons. The van der Waals surface area contributed by atoms with Gasteiger partial charge in [-0.3, -0.25) is 4.68 Å². The molecule has 3 rings (SSSR count). The molecule has 0 saturated carbocycles. The maximum Gasteiger partial charge on any atom is 0.254 e. The van der Waals surface area contributed by atoms with Gasteiger partial charge in [0.1, 0.15) is 11.5 Å². The molecule has 21 heavy (non-hydrogen) atoms. The molecule has 0 amide bonds. The van der Waals surface area contributed by atoms with Gasteiger partial charge in [-0.15, -0.1) is 0 Å². The Morgan fingerprint density at radius 2 is 1.95 bits per heavy atom. The lowest BCUT2D eigenvalue weighted by Crippen LogP contribution is -2.21. The number of nitrogen functional groups attached to an aromatic ring is 1. The Bertz CT molecular complexity index is 681. The molecule has 0 aliphatic carbocycles. The van der Waals surface area contributed by atoms with Gasteiger partial charge in [0.05, 0.1) is 12.6 Å². The summed E-state index contributed by atoms with van der Waals surface area (Å²) in [5.74, 6) is 0.454. The number of rotatable bonds is 2. The van der Waals surface area contributed by atoms with Crippen molar-refractivity contribution in [3.05, 3.63) is 40.2 Å². The number of ether oxygens (including phenoxy) is 1. The monoisotopic (exact) mass is 346 g/mol. The average molecular weight is 347 g/mol. The molecule has 5 nitrogen and oxygen atoms in total. The zero-order chi connectivity index (χ0) is 14.8. The van der Waals surface area contributed by atoms with Gasteiger partial charge in [0.25, 0.3) is 5.69 Å². The van der Waals surface area contributed by atoms with Gasteiger partial charge >= 0.3 is 0 Å². The Balaban J connectivity index is 2.05. The van der Waals surface area contributed by atoms with Gasteiger partial charge < -0.3 is 10.5 Å². The van der Waals surface area contributed by atoms with Crippen molar-refractivity contribution < 1.29 is 4.74 Å². The smallest absolute Gasteiger partial charge is 0.254 e. The van der Waals surface area contributed by atoms with E-state index in [4.69, 9.17) is 17.0 Å². The van der Waals surface area contributed by atoms with Gasteiger partial charge in [-0.05, 0) is 30.5 Å². The molecule has 0 spiro atoms. The minimum absolute atomic E-state index is 0.212. The van der Waals surface area contributed by atoms with Crippen LogP contribution in [0.3, 0.4) is 0 Å². The lowest BCUT2D eigenvalue weighted by Gasteiger charge is -2.23. The van der Waals surface area contributed by atoms with Crippen LogP contribution >= 0.6 is 15.9 Å². The predicted molar refractivity (Wildman–Crippen MR) is 85.1 cm³/mol. The van der Waals surface area contributed by atoms with Gasteiger partial charge in [0, 0.05) is 17.7 Å². The Morgan fingerprint density at radius 1 is 1.29 bits per heavy atom. The van der Waals surface area contributed by atoms with Gasteiger partial charge in [0.15, 0.2) is 0 Å². The van der Waals surface area contributed by atoms with Crippen LogP contribution in [0.4, 0.5) is 11.5 Å². The second-order valence-corrected chi connectivity index (χ2v) is 5.90. The summed E-state index contributed by atoms with van der Waals surface area (Å²) in [5.41, 5.74) is 8.14. The average Bonchev–Trinajstić information content (AvgIpc) is 2.85. The molecule has 0 unspecified atom stereocenters. The number of nitrogens with zero attached hydrogens (tertiary/aromatic N) is 3. The van der Waals surface area contributed by atoms with Crippen LogP contribution in [0.1, 0.15) is 18.9 Å². The Labute approximate surface area is 131 Å². The van der Waals surface area contributed by atoms with Crippen molar-refractivity contribution >= 4 is 27.4 Å². The highest BCUT2D eigenvalue weighted by atomic mass is 79.9. The number of hydrogen-bond acceptors (Lipinski definition) is 3.